The molecule has 2 aromatic rings. The fraction of sp³-hybridized carbons (Fsp3) is 0.471. The van der Waals surface area contributed by atoms with Gasteiger partial charge in [-0.3, -0.25) is 0 Å². The number of halogens is 1. The Balaban J connectivity index is 0.00000196. The fourth-order valence-electron chi connectivity index (χ4n) is 3.76. The van der Waals surface area contributed by atoms with E-state index in [1.807, 2.05) is 12.1 Å². The lowest BCUT2D eigenvalue weighted by molar-refractivity contribution is 0.0602. The zero-order chi connectivity index (χ0) is 17.6. The van der Waals surface area contributed by atoms with Crippen LogP contribution in [0.2, 0.25) is 0 Å². The van der Waals surface area contributed by atoms with E-state index in [1.165, 1.54) is 22.8 Å². The number of methoxy groups -OCH3 is 1. The summed E-state index contributed by atoms with van der Waals surface area (Å²) in [6.45, 7) is 0.922. The molecule has 2 aliphatic rings. The third-order valence-corrected chi connectivity index (χ3v) is 8.24. The van der Waals surface area contributed by atoms with Crippen molar-refractivity contribution < 1.29 is 17.9 Å². The molecule has 1 aromatic carbocycles. The SMILES string of the molecule is COC(=O)c1sc2ccccc2c1S(=O)(=O)N1CCC2CCC(C1)N2.Cl. The molecule has 4 rings (SSSR count). The Hall–Kier alpha value is -1.19. The van der Waals surface area contributed by atoms with Crippen LogP contribution in [0.5, 0.6) is 0 Å². The van der Waals surface area contributed by atoms with Gasteiger partial charge in [0.15, 0.2) is 0 Å². The van der Waals surface area contributed by atoms with Crippen molar-refractivity contribution in [1.29, 1.82) is 0 Å². The molecule has 2 bridgehead atoms. The van der Waals surface area contributed by atoms with Gasteiger partial charge in [-0.15, -0.1) is 23.7 Å². The van der Waals surface area contributed by atoms with Crippen LogP contribution in [0.15, 0.2) is 29.2 Å². The molecular formula is C17H21ClN2O4S2. The highest BCUT2D eigenvalue weighted by Crippen LogP contribution is 2.37. The number of benzene rings is 1. The molecule has 0 aliphatic carbocycles. The summed E-state index contributed by atoms with van der Waals surface area (Å²) < 4.78 is 34.0. The number of nitrogens with zero attached hydrogens (tertiary/aromatic N) is 1. The lowest BCUT2D eigenvalue weighted by Gasteiger charge is -2.24. The summed E-state index contributed by atoms with van der Waals surface area (Å²) in [5.74, 6) is -0.603. The van der Waals surface area contributed by atoms with Crippen molar-refractivity contribution in [3.05, 3.63) is 29.1 Å². The number of esters is 1. The Bertz CT molecular complexity index is 928. The molecule has 1 N–H and O–H groups in total. The normalized spacial score (nSPS) is 23.4. The Morgan fingerprint density at radius 1 is 1.23 bits per heavy atom. The summed E-state index contributed by atoms with van der Waals surface area (Å²) in [6.07, 6.45) is 2.89. The second-order valence-corrected chi connectivity index (χ2v) is 9.46. The van der Waals surface area contributed by atoms with E-state index in [0.29, 0.717) is 24.5 Å². The van der Waals surface area contributed by atoms with Gasteiger partial charge in [-0.05, 0) is 25.3 Å². The molecule has 2 atom stereocenters. The van der Waals surface area contributed by atoms with Crippen LogP contribution in [-0.4, -0.2) is 51.0 Å². The molecule has 0 amide bonds. The maximum Gasteiger partial charge on any atom is 0.349 e. The Labute approximate surface area is 163 Å². The van der Waals surface area contributed by atoms with Crippen molar-refractivity contribution in [2.75, 3.05) is 20.2 Å². The molecular weight excluding hydrogens is 396 g/mol. The molecule has 6 nitrogen and oxygen atoms in total. The van der Waals surface area contributed by atoms with Crippen LogP contribution in [0.4, 0.5) is 0 Å². The van der Waals surface area contributed by atoms with Crippen molar-refractivity contribution in [3.63, 3.8) is 0 Å². The first-order valence-electron chi connectivity index (χ1n) is 8.36. The first kappa shape index (κ1) is 19.6. The lowest BCUT2D eigenvalue weighted by Crippen LogP contribution is -2.39. The van der Waals surface area contributed by atoms with Crippen LogP contribution < -0.4 is 5.32 Å². The molecule has 142 valence electrons. The number of hydrogen-bond acceptors (Lipinski definition) is 6. The Morgan fingerprint density at radius 2 is 1.96 bits per heavy atom. The van der Waals surface area contributed by atoms with Crippen LogP contribution in [0.1, 0.15) is 28.9 Å². The number of carbonyl (C=O) groups excluding carboxylic acids is 1. The van der Waals surface area contributed by atoms with Crippen LogP contribution in [0.3, 0.4) is 0 Å². The zero-order valence-electron chi connectivity index (χ0n) is 14.3. The quantitative estimate of drug-likeness (QED) is 0.778. The van der Waals surface area contributed by atoms with Gasteiger partial charge in [0.25, 0.3) is 0 Å². The largest absolute Gasteiger partial charge is 0.465 e. The van der Waals surface area contributed by atoms with Crippen molar-refractivity contribution in [2.24, 2.45) is 0 Å². The second kappa shape index (κ2) is 7.44. The number of hydrogen-bond donors (Lipinski definition) is 1. The number of rotatable bonds is 3. The van der Waals surface area contributed by atoms with Crippen LogP contribution in [0, 0.1) is 0 Å². The highest BCUT2D eigenvalue weighted by atomic mass is 35.5. The summed E-state index contributed by atoms with van der Waals surface area (Å²) >= 11 is 1.17. The smallest absolute Gasteiger partial charge is 0.349 e. The van der Waals surface area contributed by atoms with Crippen molar-refractivity contribution in [2.45, 2.75) is 36.2 Å². The zero-order valence-corrected chi connectivity index (χ0v) is 16.8. The fourth-order valence-corrected chi connectivity index (χ4v) is 7.04. The number of ether oxygens (including phenoxy) is 1. The third kappa shape index (κ3) is 3.25. The number of nitrogens with one attached hydrogen (secondary N) is 1. The predicted molar refractivity (Wildman–Crippen MR) is 104 cm³/mol. The molecule has 1 aromatic heterocycles. The van der Waals surface area contributed by atoms with E-state index in [2.05, 4.69) is 5.32 Å². The van der Waals surface area contributed by atoms with Crippen LogP contribution in [0.25, 0.3) is 10.1 Å². The Kier molecular flexibility index (Phi) is 5.60. The summed E-state index contributed by atoms with van der Waals surface area (Å²) in [6, 6.07) is 7.80. The van der Waals surface area contributed by atoms with Crippen molar-refractivity contribution in [1.82, 2.24) is 9.62 Å². The van der Waals surface area contributed by atoms with Gasteiger partial charge in [0.2, 0.25) is 10.0 Å². The van der Waals surface area contributed by atoms with Crippen molar-refractivity contribution in [3.8, 4) is 0 Å². The molecule has 0 radical (unpaired) electrons. The monoisotopic (exact) mass is 416 g/mol. The van der Waals surface area contributed by atoms with Crippen LogP contribution in [-0.2, 0) is 14.8 Å². The molecule has 2 unspecified atom stereocenters. The van der Waals surface area contributed by atoms with Gasteiger partial charge in [-0.25, -0.2) is 13.2 Å². The summed E-state index contributed by atoms with van der Waals surface area (Å²) in [5, 5.41) is 4.08. The van der Waals surface area contributed by atoms with Gasteiger partial charge < -0.3 is 10.1 Å². The third-order valence-electron chi connectivity index (χ3n) is 5.00. The molecule has 26 heavy (non-hydrogen) atoms. The maximum absolute atomic E-state index is 13.4. The van der Waals surface area contributed by atoms with Gasteiger partial charge in [-0.2, -0.15) is 4.31 Å². The molecule has 0 spiro atoms. The van der Waals surface area contributed by atoms with Crippen molar-refractivity contribution >= 4 is 49.8 Å². The van der Waals surface area contributed by atoms with Gasteiger partial charge in [0.1, 0.15) is 9.77 Å². The topological polar surface area (TPSA) is 75.7 Å². The highest BCUT2D eigenvalue weighted by molar-refractivity contribution is 7.89. The average molecular weight is 417 g/mol. The lowest BCUT2D eigenvalue weighted by atomic mass is 10.1. The first-order chi connectivity index (χ1) is 12.0. The minimum atomic E-state index is -3.77. The standard InChI is InChI=1S/C17H20N2O4S2.ClH/c1-23-17(20)15-16(13-4-2-3-5-14(13)24-15)25(21,22)19-9-8-11-6-7-12(10-19)18-11;/h2-5,11-12,18H,6-10H2,1H3;1H. The minimum absolute atomic E-state index is 0. The van der Waals surface area contributed by atoms with Crippen LogP contribution >= 0.6 is 23.7 Å². The number of carbonyl (C=O) groups is 1. The molecule has 0 saturated carbocycles. The summed E-state index contributed by atoms with van der Waals surface area (Å²) in [4.78, 5) is 12.5. The molecule has 2 aliphatic heterocycles. The van der Waals surface area contributed by atoms with E-state index in [0.717, 1.165) is 24.0 Å². The molecule has 3 heterocycles. The maximum atomic E-state index is 13.4. The first-order valence-corrected chi connectivity index (χ1v) is 10.6. The van der Waals surface area contributed by atoms with E-state index in [-0.39, 0.29) is 28.2 Å². The number of thiophene rings is 1. The number of fused-ring (bicyclic) bond motifs is 3. The molecule has 2 saturated heterocycles. The van der Waals surface area contributed by atoms with E-state index in [4.69, 9.17) is 4.74 Å². The summed E-state index contributed by atoms with van der Waals surface area (Å²) in [7, 11) is -2.50. The molecule has 2 fully saturated rings. The second-order valence-electron chi connectivity index (χ2n) is 6.54. The number of sulfonamides is 1. The Morgan fingerprint density at radius 3 is 2.73 bits per heavy atom. The van der Waals surface area contributed by atoms with Gasteiger partial charge >= 0.3 is 5.97 Å². The summed E-state index contributed by atoms with van der Waals surface area (Å²) in [5.41, 5.74) is 0. The van der Waals surface area contributed by atoms with E-state index >= 15 is 0 Å². The van der Waals surface area contributed by atoms with E-state index in [9.17, 15) is 13.2 Å². The molecule has 9 heteroatoms. The van der Waals surface area contributed by atoms with Gasteiger partial charge in [-0.1, -0.05) is 18.2 Å². The average Bonchev–Trinajstić information content (AvgIpc) is 3.14. The minimum Gasteiger partial charge on any atom is -0.465 e. The predicted octanol–water partition coefficient (Wildman–Crippen LogP) is 2.62. The van der Waals surface area contributed by atoms with E-state index < -0.39 is 16.0 Å². The highest BCUT2D eigenvalue weighted by Gasteiger charge is 2.38. The van der Waals surface area contributed by atoms with E-state index in [1.54, 1.807) is 12.1 Å². The van der Waals surface area contributed by atoms with Gasteiger partial charge in [0.05, 0.1) is 7.11 Å². The van der Waals surface area contributed by atoms with Gasteiger partial charge in [0, 0.05) is 35.3 Å².